The second-order valence-corrected chi connectivity index (χ2v) is 33.6. The summed E-state index contributed by atoms with van der Waals surface area (Å²) >= 11 is 0. The van der Waals surface area contributed by atoms with Crippen LogP contribution in [0, 0.1) is 0 Å². The van der Waals surface area contributed by atoms with Crippen LogP contribution in [0.15, 0.2) is 522 Å². The Hall–Kier alpha value is -18.8. The molecule has 0 amide bonds. The summed E-state index contributed by atoms with van der Waals surface area (Å²) in [7, 11) is 0. The van der Waals surface area contributed by atoms with Gasteiger partial charge in [0.2, 0.25) is 0 Å². The molecule has 0 aliphatic heterocycles. The Morgan fingerprint density at radius 3 is 0.464 bits per heavy atom. The third kappa shape index (κ3) is 26.2. The first kappa shape index (κ1) is 91.7. The van der Waals surface area contributed by atoms with Crippen molar-refractivity contribution in [3.8, 4) is 0 Å². The van der Waals surface area contributed by atoms with Crippen molar-refractivity contribution in [2.45, 2.75) is 0 Å². The van der Waals surface area contributed by atoms with Gasteiger partial charge in [0.25, 0.3) is 0 Å². The van der Waals surface area contributed by atoms with Gasteiger partial charge in [0.1, 0.15) is 0 Å². The average molecular weight is 1800 g/mol. The monoisotopic (exact) mass is 1800 g/mol. The van der Waals surface area contributed by atoms with Crippen molar-refractivity contribution < 1.29 is 0 Å². The SMILES string of the molecule is C(=C\c1ccc(Nc2c3ccccc3c(Nc3ccc(/C=C/c4ccccc4)cc3)c3ccccc23)cc1)/c1ccccc1.C(=C\c1ccc(Nc2ccc(Nc3ccc(/C=C/c4ccccc4)cc3)c3ccccc23)cc1)/c1ccccc1.C(=C\c1ccc(Nc2ccc(Nc3ccccc3)c3ccccc23)cc1)/c1ccccc1.C(=C\c1ccccc1)/Nc1ccc(N/C=C/c2ccccc2)cc1. The van der Waals surface area contributed by atoms with Gasteiger partial charge in [0.05, 0.1) is 11.4 Å². The predicted molar refractivity (Wildman–Crippen MR) is 609 cm³/mol. The summed E-state index contributed by atoms with van der Waals surface area (Å²) in [6.45, 7) is 0. The molecule has 0 spiro atoms. The van der Waals surface area contributed by atoms with E-state index in [0.29, 0.717) is 0 Å². The molecule has 0 radical (unpaired) electrons. The zero-order chi connectivity index (χ0) is 94.6. The summed E-state index contributed by atoms with van der Waals surface area (Å²) in [5.41, 5.74) is 29.2. The van der Waals surface area contributed by atoms with E-state index < -0.39 is 0 Å². The minimum atomic E-state index is 1.05. The molecule has 0 aliphatic rings. The van der Waals surface area contributed by atoms with E-state index in [-0.39, 0.29) is 0 Å². The van der Waals surface area contributed by atoms with E-state index in [0.717, 1.165) is 90.8 Å². The number of benzene rings is 21. The molecule has 140 heavy (non-hydrogen) atoms. The minimum absolute atomic E-state index is 1.05. The van der Waals surface area contributed by atoms with Crippen molar-refractivity contribution >= 4 is 196 Å². The third-order valence-electron chi connectivity index (χ3n) is 23.6. The third-order valence-corrected chi connectivity index (χ3v) is 23.6. The van der Waals surface area contributed by atoms with Crippen molar-refractivity contribution in [3.05, 3.63) is 589 Å². The topological polar surface area (TPSA) is 96.2 Å². The Morgan fingerprint density at radius 2 is 0.257 bits per heavy atom. The fourth-order valence-electron chi connectivity index (χ4n) is 16.3. The van der Waals surface area contributed by atoms with E-state index in [1.54, 1.807) is 0 Å². The fraction of sp³-hybridized carbons (Fsp3) is 0. The zero-order valence-electron chi connectivity index (χ0n) is 77.6. The molecular weight excluding hydrogens is 1700 g/mol. The molecule has 0 aliphatic carbocycles. The average Bonchev–Trinajstić information content (AvgIpc) is 0.744. The van der Waals surface area contributed by atoms with Crippen molar-refractivity contribution in [1.29, 1.82) is 0 Å². The highest BCUT2D eigenvalue weighted by Gasteiger charge is 2.16. The van der Waals surface area contributed by atoms with Gasteiger partial charge < -0.3 is 42.5 Å². The number of hydrogen-bond acceptors (Lipinski definition) is 8. The maximum absolute atomic E-state index is 3.76. The largest absolute Gasteiger partial charge is 0.362 e. The van der Waals surface area contributed by atoms with Crippen molar-refractivity contribution in [3.63, 3.8) is 0 Å². The number of hydrogen-bond donors (Lipinski definition) is 8. The fourth-order valence-corrected chi connectivity index (χ4v) is 16.3. The highest BCUT2D eigenvalue weighted by molar-refractivity contribution is 6.21. The summed E-state index contributed by atoms with van der Waals surface area (Å²) in [6, 6.07) is 176. The number of rotatable bonds is 28. The number of nitrogens with one attached hydrogen (secondary N) is 8. The van der Waals surface area contributed by atoms with E-state index in [1.165, 1.54) is 98.7 Å². The van der Waals surface area contributed by atoms with Crippen molar-refractivity contribution in [2.24, 2.45) is 0 Å². The molecule has 8 N–H and O–H groups in total. The first-order valence-electron chi connectivity index (χ1n) is 47.2. The van der Waals surface area contributed by atoms with Crippen LogP contribution in [0.3, 0.4) is 0 Å². The molecule has 21 aromatic rings. The summed E-state index contributed by atoms with van der Waals surface area (Å²) in [5.74, 6) is 0. The molecule has 0 aromatic heterocycles. The van der Waals surface area contributed by atoms with E-state index >= 15 is 0 Å². The Bertz CT molecular complexity index is 7360. The van der Waals surface area contributed by atoms with Crippen LogP contribution in [0.2, 0.25) is 0 Å². The highest BCUT2D eigenvalue weighted by Crippen LogP contribution is 2.43. The summed E-state index contributed by atoms with van der Waals surface area (Å²) in [5, 5.41) is 37.8. The molecule has 0 unspecified atom stereocenters. The van der Waals surface area contributed by atoms with Crippen LogP contribution in [-0.2, 0) is 0 Å². The van der Waals surface area contributed by atoms with Gasteiger partial charge >= 0.3 is 0 Å². The van der Waals surface area contributed by atoms with Crippen LogP contribution in [0.25, 0.3) is 116 Å². The lowest BCUT2D eigenvalue weighted by Crippen LogP contribution is -1.98. The lowest BCUT2D eigenvalue weighted by Gasteiger charge is -2.19. The van der Waals surface area contributed by atoms with Crippen LogP contribution in [0.1, 0.15) is 66.8 Å². The Kier molecular flexibility index (Phi) is 31.3. The lowest BCUT2D eigenvalue weighted by atomic mass is 9.97. The van der Waals surface area contributed by atoms with E-state index in [9.17, 15) is 0 Å². The maximum atomic E-state index is 3.76. The molecule has 0 bridgehead atoms. The molecule has 0 heterocycles. The van der Waals surface area contributed by atoms with Crippen molar-refractivity contribution in [2.75, 3.05) is 42.5 Å². The van der Waals surface area contributed by atoms with E-state index in [1.807, 2.05) is 122 Å². The summed E-state index contributed by atoms with van der Waals surface area (Å²) < 4.78 is 0. The van der Waals surface area contributed by atoms with Gasteiger partial charge in [-0.05, 0) is 200 Å². The molecule has 0 fully saturated rings. The zero-order valence-corrected chi connectivity index (χ0v) is 77.6. The molecule has 0 saturated heterocycles. The van der Waals surface area contributed by atoms with Crippen LogP contribution in [0.4, 0.5) is 79.6 Å². The quantitative estimate of drug-likeness (QED) is 0.0140. The summed E-state index contributed by atoms with van der Waals surface area (Å²) in [6.07, 6.45) is 29.4. The second kappa shape index (κ2) is 47.7. The van der Waals surface area contributed by atoms with Crippen LogP contribution < -0.4 is 42.5 Å². The number of anilines is 14. The Morgan fingerprint density at radius 1 is 0.107 bits per heavy atom. The molecular formula is C132H106N8. The van der Waals surface area contributed by atoms with Gasteiger partial charge in [0.15, 0.2) is 0 Å². The Labute approximate surface area is 821 Å². The lowest BCUT2D eigenvalue weighted by molar-refractivity contribution is 1.54. The Balaban J connectivity index is 0.000000126. The summed E-state index contributed by atoms with van der Waals surface area (Å²) in [4.78, 5) is 0. The molecule has 21 aromatic carbocycles. The van der Waals surface area contributed by atoms with Gasteiger partial charge in [-0.3, -0.25) is 0 Å². The highest BCUT2D eigenvalue weighted by atomic mass is 14.9. The van der Waals surface area contributed by atoms with Crippen LogP contribution in [0.5, 0.6) is 0 Å². The van der Waals surface area contributed by atoms with Gasteiger partial charge in [-0.2, -0.15) is 0 Å². The molecule has 21 rings (SSSR count). The van der Waals surface area contributed by atoms with Crippen molar-refractivity contribution in [1.82, 2.24) is 0 Å². The number of para-hydroxylation sites is 1. The smallest absolute Gasteiger partial charge is 0.0545 e. The minimum Gasteiger partial charge on any atom is -0.362 e. The van der Waals surface area contributed by atoms with Crippen LogP contribution >= 0.6 is 0 Å². The van der Waals surface area contributed by atoms with E-state index in [4.69, 9.17) is 0 Å². The molecule has 674 valence electrons. The number of fused-ring (bicyclic) bond motifs is 4. The molecule has 8 heteroatoms. The van der Waals surface area contributed by atoms with Crippen LogP contribution in [-0.4, -0.2) is 0 Å². The second-order valence-electron chi connectivity index (χ2n) is 33.6. The van der Waals surface area contributed by atoms with Gasteiger partial charge in [-0.15, -0.1) is 0 Å². The molecule has 8 nitrogen and oxygen atoms in total. The molecule has 0 atom stereocenters. The van der Waals surface area contributed by atoms with Gasteiger partial charge in [-0.25, -0.2) is 0 Å². The standard InChI is InChI=1S/C42H32N2.C38H30N2.C30H24N2.C22H20N2/c1-3-11-31(12-4-1)19-21-33-23-27-35(28-24-33)43-41-37-15-7-9-17-39(37)42(40-18-10-8-16-38(40)41)44-36-29-25-34(26-30-36)22-20-32-13-5-2-6-14-32;1-3-9-29(10-4-1)15-17-31-19-23-33(24-20-31)39-37-27-28-38(36-14-8-7-13-35(36)37)40-34-25-21-32(22-26-34)18-16-30-11-5-2-6-12-30;1-3-9-23(10-4-1)15-16-24-17-19-26(20-18-24)32-30-22-21-29(27-13-7-8-14-28(27)30)31-25-11-5-2-6-12-25;1-3-7-19(8-4-1)15-17-23-21-11-13-22(14-12-21)24-18-16-20-9-5-2-6-10-20/h1-30,43-44H;1-28,39-40H;1-22,31-32H;1-18,23-24H/b21-19+,22-20+;17-15+,18-16+;16-15+;17-15+,18-16+. The normalized spacial score (nSPS) is 11.2. The predicted octanol–water partition coefficient (Wildman–Crippen LogP) is 36.8. The maximum Gasteiger partial charge on any atom is 0.0545 e. The molecule has 0 saturated carbocycles. The van der Waals surface area contributed by atoms with Gasteiger partial charge in [0, 0.05) is 124 Å². The first-order valence-corrected chi connectivity index (χ1v) is 47.2. The first-order chi connectivity index (χ1) is 69.3. The van der Waals surface area contributed by atoms with Gasteiger partial charge in [-0.1, -0.05) is 449 Å². The van der Waals surface area contributed by atoms with E-state index in [2.05, 4.69) is 516 Å².